The summed E-state index contributed by atoms with van der Waals surface area (Å²) in [5.41, 5.74) is 1.19. The van der Waals surface area contributed by atoms with E-state index in [2.05, 4.69) is 22.3 Å². The Morgan fingerprint density at radius 2 is 2.18 bits per heavy atom. The van der Waals surface area contributed by atoms with E-state index in [0.717, 1.165) is 44.9 Å². The maximum absolute atomic E-state index is 12.0. The van der Waals surface area contributed by atoms with Crippen LogP contribution in [0.3, 0.4) is 0 Å². The van der Waals surface area contributed by atoms with Crippen molar-refractivity contribution in [3.05, 3.63) is 24.3 Å². The molecule has 0 aliphatic carbocycles. The summed E-state index contributed by atoms with van der Waals surface area (Å²) in [6, 6.07) is 8.20. The van der Waals surface area contributed by atoms with Crippen molar-refractivity contribution in [2.24, 2.45) is 5.92 Å². The largest absolute Gasteiger partial charge is 0.497 e. The molecular weight excluding hydrogens is 278 g/mol. The zero-order valence-electron chi connectivity index (χ0n) is 13.8. The quantitative estimate of drug-likeness (QED) is 0.878. The third-order valence-electron chi connectivity index (χ3n) is 4.30. The van der Waals surface area contributed by atoms with Crippen LogP contribution in [-0.2, 0) is 0 Å². The second kappa shape index (κ2) is 7.92. The monoisotopic (exact) mass is 305 g/mol. The molecule has 1 saturated heterocycles. The van der Waals surface area contributed by atoms with Gasteiger partial charge in [-0.1, -0.05) is 6.07 Å². The Kier molecular flexibility index (Phi) is 5.92. The van der Waals surface area contributed by atoms with Gasteiger partial charge in [0.1, 0.15) is 5.75 Å². The molecule has 1 aromatic carbocycles. The molecule has 0 saturated carbocycles. The molecule has 2 rings (SSSR count). The molecule has 1 fully saturated rings. The minimum Gasteiger partial charge on any atom is -0.497 e. The maximum atomic E-state index is 12.0. The van der Waals surface area contributed by atoms with Crippen LogP contribution in [-0.4, -0.2) is 50.8 Å². The lowest BCUT2D eigenvalue weighted by Gasteiger charge is -2.22. The molecule has 1 heterocycles. The first-order valence-corrected chi connectivity index (χ1v) is 8.09. The summed E-state index contributed by atoms with van der Waals surface area (Å²) in [5.74, 6) is 1.39. The zero-order chi connectivity index (χ0) is 15.9. The number of urea groups is 1. The van der Waals surface area contributed by atoms with Crippen LogP contribution >= 0.6 is 0 Å². The normalized spacial score (nSPS) is 17.4. The number of benzene rings is 1. The first-order valence-electron chi connectivity index (χ1n) is 8.09. The lowest BCUT2D eigenvalue weighted by molar-refractivity contribution is 0.201. The molecule has 1 unspecified atom stereocenters. The summed E-state index contributed by atoms with van der Waals surface area (Å²) in [4.78, 5) is 16.2. The summed E-state index contributed by atoms with van der Waals surface area (Å²) >= 11 is 0. The van der Waals surface area contributed by atoms with Crippen molar-refractivity contribution >= 4 is 11.7 Å². The van der Waals surface area contributed by atoms with Gasteiger partial charge in [0.2, 0.25) is 0 Å². The van der Waals surface area contributed by atoms with Crippen molar-refractivity contribution < 1.29 is 9.53 Å². The van der Waals surface area contributed by atoms with E-state index in [4.69, 9.17) is 4.74 Å². The third kappa shape index (κ3) is 4.06. The van der Waals surface area contributed by atoms with Crippen LogP contribution in [0.1, 0.15) is 20.3 Å². The lowest BCUT2D eigenvalue weighted by atomic mass is 10.1. The van der Waals surface area contributed by atoms with Gasteiger partial charge >= 0.3 is 6.03 Å². The predicted molar refractivity (Wildman–Crippen MR) is 89.6 cm³/mol. The molecular formula is C17H27N3O2. The van der Waals surface area contributed by atoms with Crippen molar-refractivity contribution in [1.82, 2.24) is 10.2 Å². The smallest absolute Gasteiger partial charge is 0.317 e. The fraction of sp³-hybridized carbons (Fsp3) is 0.588. The van der Waals surface area contributed by atoms with Crippen LogP contribution in [0.2, 0.25) is 0 Å². The first-order chi connectivity index (χ1) is 10.7. The van der Waals surface area contributed by atoms with E-state index >= 15 is 0 Å². The van der Waals surface area contributed by atoms with Gasteiger partial charge in [0.05, 0.1) is 7.11 Å². The average Bonchev–Trinajstić information content (AvgIpc) is 3.03. The molecule has 1 aliphatic heterocycles. The molecule has 1 N–H and O–H groups in total. The lowest BCUT2D eigenvalue weighted by Crippen LogP contribution is -2.42. The highest BCUT2D eigenvalue weighted by atomic mass is 16.5. The number of rotatable bonds is 6. The van der Waals surface area contributed by atoms with E-state index in [1.807, 2.05) is 30.9 Å². The number of carbonyl (C=O) groups is 1. The van der Waals surface area contributed by atoms with E-state index in [1.54, 1.807) is 7.11 Å². The standard InChI is InChI=1S/C17H27N3O2/c1-4-19(5-2)17(21)18-12-14-9-10-20(13-14)15-7-6-8-16(11-15)22-3/h6-8,11,14H,4-5,9-10,12-13H2,1-3H3,(H,18,21). The summed E-state index contributed by atoms with van der Waals surface area (Å²) in [5, 5.41) is 3.06. The van der Waals surface area contributed by atoms with Gasteiger partial charge in [-0.2, -0.15) is 0 Å². The summed E-state index contributed by atoms with van der Waals surface area (Å²) in [7, 11) is 1.69. The highest BCUT2D eigenvalue weighted by molar-refractivity contribution is 5.74. The van der Waals surface area contributed by atoms with Crippen LogP contribution in [0.5, 0.6) is 5.75 Å². The minimum absolute atomic E-state index is 0.0461. The van der Waals surface area contributed by atoms with Crippen molar-refractivity contribution in [3.8, 4) is 5.75 Å². The Morgan fingerprint density at radius 1 is 1.41 bits per heavy atom. The van der Waals surface area contributed by atoms with E-state index in [0.29, 0.717) is 5.92 Å². The van der Waals surface area contributed by atoms with Gasteiger partial charge in [0.15, 0.2) is 0 Å². The molecule has 122 valence electrons. The number of hydrogen-bond donors (Lipinski definition) is 1. The van der Waals surface area contributed by atoms with Gasteiger partial charge in [-0.15, -0.1) is 0 Å². The highest BCUT2D eigenvalue weighted by Crippen LogP contribution is 2.26. The Morgan fingerprint density at radius 3 is 2.86 bits per heavy atom. The van der Waals surface area contributed by atoms with E-state index in [1.165, 1.54) is 5.69 Å². The van der Waals surface area contributed by atoms with Crippen molar-refractivity contribution in [2.75, 3.05) is 44.7 Å². The number of nitrogens with one attached hydrogen (secondary N) is 1. The molecule has 1 atom stereocenters. The summed E-state index contributed by atoms with van der Waals surface area (Å²) < 4.78 is 5.28. The van der Waals surface area contributed by atoms with Gasteiger partial charge in [0.25, 0.3) is 0 Å². The molecule has 0 spiro atoms. The Balaban J connectivity index is 1.83. The predicted octanol–water partition coefficient (Wildman–Crippen LogP) is 2.57. The SMILES string of the molecule is CCN(CC)C(=O)NCC1CCN(c2cccc(OC)c2)C1. The molecule has 1 aromatic rings. The number of methoxy groups -OCH3 is 1. The van der Waals surface area contributed by atoms with Gasteiger partial charge in [-0.3, -0.25) is 0 Å². The number of amides is 2. The topological polar surface area (TPSA) is 44.8 Å². The van der Waals surface area contributed by atoms with Crippen LogP contribution in [0, 0.1) is 5.92 Å². The van der Waals surface area contributed by atoms with Gasteiger partial charge in [-0.05, 0) is 38.3 Å². The first kappa shape index (κ1) is 16.5. The molecule has 0 aromatic heterocycles. The second-order valence-corrected chi connectivity index (χ2v) is 5.66. The summed E-state index contributed by atoms with van der Waals surface area (Å²) in [6.07, 6.45) is 1.11. The number of anilines is 1. The molecule has 0 bridgehead atoms. The Bertz CT molecular complexity index is 489. The highest BCUT2D eigenvalue weighted by Gasteiger charge is 2.23. The van der Waals surface area contributed by atoms with E-state index < -0.39 is 0 Å². The molecule has 0 radical (unpaired) electrons. The maximum Gasteiger partial charge on any atom is 0.317 e. The number of nitrogens with zero attached hydrogens (tertiary/aromatic N) is 2. The van der Waals surface area contributed by atoms with Crippen molar-refractivity contribution in [1.29, 1.82) is 0 Å². The average molecular weight is 305 g/mol. The molecule has 22 heavy (non-hydrogen) atoms. The van der Waals surface area contributed by atoms with Gasteiger partial charge in [-0.25, -0.2) is 4.79 Å². The van der Waals surface area contributed by atoms with Gasteiger partial charge in [0, 0.05) is 44.5 Å². The second-order valence-electron chi connectivity index (χ2n) is 5.66. The Labute approximate surface area is 133 Å². The van der Waals surface area contributed by atoms with Crippen molar-refractivity contribution in [3.63, 3.8) is 0 Å². The third-order valence-corrected chi connectivity index (χ3v) is 4.30. The molecule has 2 amide bonds. The van der Waals surface area contributed by atoms with Gasteiger partial charge < -0.3 is 19.9 Å². The van der Waals surface area contributed by atoms with E-state index in [-0.39, 0.29) is 6.03 Å². The van der Waals surface area contributed by atoms with Crippen LogP contribution in [0.25, 0.3) is 0 Å². The van der Waals surface area contributed by atoms with E-state index in [9.17, 15) is 4.79 Å². The van der Waals surface area contributed by atoms with Crippen LogP contribution < -0.4 is 15.0 Å². The molecule has 5 heteroatoms. The van der Waals surface area contributed by atoms with Crippen LogP contribution in [0.15, 0.2) is 24.3 Å². The van der Waals surface area contributed by atoms with Crippen LogP contribution in [0.4, 0.5) is 10.5 Å². The minimum atomic E-state index is 0.0461. The number of carbonyl (C=O) groups excluding carboxylic acids is 1. The fourth-order valence-electron chi connectivity index (χ4n) is 2.90. The number of ether oxygens (including phenoxy) is 1. The molecule has 1 aliphatic rings. The summed E-state index contributed by atoms with van der Waals surface area (Å²) in [6.45, 7) is 8.26. The molecule has 5 nitrogen and oxygen atoms in total. The Hall–Kier alpha value is -1.91. The fourth-order valence-corrected chi connectivity index (χ4v) is 2.90. The number of hydrogen-bond acceptors (Lipinski definition) is 3. The zero-order valence-corrected chi connectivity index (χ0v) is 13.8. The van der Waals surface area contributed by atoms with Crippen molar-refractivity contribution in [2.45, 2.75) is 20.3 Å².